The molecule has 0 aromatic heterocycles. The topological polar surface area (TPSA) is 105 Å². The third-order valence-corrected chi connectivity index (χ3v) is 17.7. The third-order valence-electron chi connectivity index (χ3n) is 17.7. The number of rotatable bonds is 56. The highest BCUT2D eigenvalue weighted by Gasteiger charge is 2.48. The largest absolute Gasteiger partial charge is 0.376 e. The highest BCUT2D eigenvalue weighted by Crippen LogP contribution is 2.52. The molecule has 0 saturated heterocycles. The SMILES string of the molecule is O=CCCCCCCCCCCCCOC1CC2CC3CC(OCCCCCCCCCCCCC=O)C(OCCCCCCCCCCCCC=O)CC3CC2CC1OCCCCCCCCCCCCC=O. The highest BCUT2D eigenvalue weighted by atomic mass is 16.5. The summed E-state index contributed by atoms with van der Waals surface area (Å²) in [5, 5.41) is 0. The van der Waals surface area contributed by atoms with Crippen molar-refractivity contribution in [3.05, 3.63) is 0 Å². The molecular weight excluding hydrogens is 921 g/mol. The van der Waals surface area contributed by atoms with E-state index in [1.54, 1.807) is 0 Å². The third kappa shape index (κ3) is 35.1. The molecule has 0 N–H and O–H groups in total. The van der Waals surface area contributed by atoms with E-state index >= 15 is 0 Å². The van der Waals surface area contributed by atoms with Gasteiger partial charge in [0.25, 0.3) is 0 Å². The van der Waals surface area contributed by atoms with Crippen LogP contribution in [0.5, 0.6) is 0 Å². The molecule has 3 aliphatic rings. The van der Waals surface area contributed by atoms with Crippen LogP contribution in [0.2, 0.25) is 0 Å². The molecular formula is C66H120O8. The number of ether oxygens (including phenoxy) is 4. The standard InChI is InChI=1S/C66H120O8/c67-45-37-29-21-13-5-1-9-17-25-33-41-49-71-63-55-59-53-61-57-65(73-51-43-35-27-19-11-3-7-15-23-31-39-47-69)66(74-52-44-36-28-20-12-4-8-16-24-32-40-48-70)58-62(61)54-60(59)56-64(63)72-50-42-34-26-18-10-2-6-14-22-30-38-46-68/h45-48,59-66H,1-44,49-58H2. The van der Waals surface area contributed by atoms with Crippen LogP contribution in [0.3, 0.4) is 0 Å². The van der Waals surface area contributed by atoms with Crippen molar-refractivity contribution in [2.45, 2.75) is 345 Å². The molecule has 0 spiro atoms. The van der Waals surface area contributed by atoms with E-state index in [1.807, 2.05) is 0 Å². The van der Waals surface area contributed by atoms with Crippen LogP contribution in [-0.4, -0.2) is 76.0 Å². The minimum atomic E-state index is 0.220. The van der Waals surface area contributed by atoms with Crippen molar-refractivity contribution in [2.24, 2.45) is 23.7 Å². The molecule has 8 heteroatoms. The molecule has 3 aliphatic carbocycles. The number of hydrogen-bond donors (Lipinski definition) is 0. The molecule has 0 bridgehead atoms. The number of fused-ring (bicyclic) bond motifs is 2. The second-order valence-corrected chi connectivity index (χ2v) is 24.1. The van der Waals surface area contributed by atoms with Crippen LogP contribution >= 0.6 is 0 Å². The first-order chi connectivity index (χ1) is 36.7. The molecule has 3 fully saturated rings. The van der Waals surface area contributed by atoms with Crippen LogP contribution in [-0.2, 0) is 38.1 Å². The van der Waals surface area contributed by atoms with E-state index in [1.165, 1.54) is 218 Å². The van der Waals surface area contributed by atoms with E-state index in [9.17, 15) is 19.2 Å². The minimum Gasteiger partial charge on any atom is -0.376 e. The Morgan fingerprint density at radius 3 is 0.514 bits per heavy atom. The van der Waals surface area contributed by atoms with Crippen LogP contribution in [0.15, 0.2) is 0 Å². The van der Waals surface area contributed by atoms with Gasteiger partial charge in [0.2, 0.25) is 0 Å². The summed E-state index contributed by atoms with van der Waals surface area (Å²) in [5.41, 5.74) is 0. The number of aldehydes is 4. The molecule has 74 heavy (non-hydrogen) atoms. The van der Waals surface area contributed by atoms with Crippen LogP contribution in [0.4, 0.5) is 0 Å². The molecule has 0 amide bonds. The summed E-state index contributed by atoms with van der Waals surface area (Å²) in [4.78, 5) is 42.3. The average molecular weight is 1040 g/mol. The highest BCUT2D eigenvalue weighted by molar-refractivity contribution is 5.49. The fourth-order valence-electron chi connectivity index (χ4n) is 13.1. The van der Waals surface area contributed by atoms with Gasteiger partial charge in [-0.05, 0) is 114 Å². The Hall–Kier alpha value is -1.48. The van der Waals surface area contributed by atoms with Gasteiger partial charge in [-0.1, -0.05) is 205 Å². The van der Waals surface area contributed by atoms with Gasteiger partial charge in [0, 0.05) is 52.1 Å². The summed E-state index contributed by atoms with van der Waals surface area (Å²) in [5.74, 6) is 2.89. The fourth-order valence-corrected chi connectivity index (χ4v) is 13.1. The van der Waals surface area contributed by atoms with Gasteiger partial charge in [-0.2, -0.15) is 0 Å². The lowest BCUT2D eigenvalue weighted by molar-refractivity contribution is -0.154. The van der Waals surface area contributed by atoms with Crippen LogP contribution < -0.4 is 0 Å². The Kier molecular flexibility index (Phi) is 44.9. The summed E-state index contributed by atoms with van der Waals surface area (Å²) in [6.45, 7) is 3.46. The molecule has 3 rings (SSSR count). The first-order valence-electron chi connectivity index (χ1n) is 32.9. The first kappa shape index (κ1) is 66.8. The number of hydrogen-bond acceptors (Lipinski definition) is 8. The zero-order valence-electron chi connectivity index (χ0n) is 48.4. The van der Waals surface area contributed by atoms with Gasteiger partial charge < -0.3 is 38.1 Å². The molecule has 8 atom stereocenters. The Labute approximate surface area is 457 Å². The van der Waals surface area contributed by atoms with E-state index in [4.69, 9.17) is 18.9 Å². The van der Waals surface area contributed by atoms with E-state index < -0.39 is 0 Å². The molecule has 0 heterocycles. The van der Waals surface area contributed by atoms with Gasteiger partial charge in [-0.25, -0.2) is 0 Å². The molecule has 0 aromatic rings. The van der Waals surface area contributed by atoms with Gasteiger partial charge in [-0.3, -0.25) is 0 Å². The van der Waals surface area contributed by atoms with E-state index in [-0.39, 0.29) is 24.4 Å². The van der Waals surface area contributed by atoms with Gasteiger partial charge in [-0.15, -0.1) is 0 Å². The van der Waals surface area contributed by atoms with Crippen molar-refractivity contribution in [2.75, 3.05) is 26.4 Å². The van der Waals surface area contributed by atoms with E-state index in [2.05, 4.69) is 0 Å². The van der Waals surface area contributed by atoms with Crippen LogP contribution in [0, 0.1) is 23.7 Å². The minimum absolute atomic E-state index is 0.220. The molecule has 8 unspecified atom stereocenters. The summed E-state index contributed by atoms with van der Waals surface area (Å²) >= 11 is 0. The van der Waals surface area contributed by atoms with E-state index in [0.717, 1.165) is 178 Å². The van der Waals surface area contributed by atoms with Crippen molar-refractivity contribution >= 4 is 25.1 Å². The van der Waals surface area contributed by atoms with Gasteiger partial charge in [0.15, 0.2) is 0 Å². The molecule has 3 saturated carbocycles. The molecule has 8 nitrogen and oxygen atoms in total. The van der Waals surface area contributed by atoms with Crippen LogP contribution in [0.1, 0.15) is 321 Å². The predicted molar refractivity (Wildman–Crippen MR) is 308 cm³/mol. The summed E-state index contributed by atoms with van der Waals surface area (Å²) in [6, 6.07) is 0. The molecule has 0 aromatic carbocycles. The molecule has 0 radical (unpaired) electrons. The second kappa shape index (κ2) is 49.8. The average Bonchev–Trinajstić information content (AvgIpc) is 3.41. The number of carbonyl (C=O) groups excluding carboxylic acids is 4. The Bertz CT molecular complexity index is 1070. The fraction of sp³-hybridized carbons (Fsp3) is 0.939. The van der Waals surface area contributed by atoms with Crippen molar-refractivity contribution in [3.8, 4) is 0 Å². The van der Waals surface area contributed by atoms with Crippen molar-refractivity contribution in [1.29, 1.82) is 0 Å². The lowest BCUT2D eigenvalue weighted by Crippen LogP contribution is -2.50. The number of unbranched alkanes of at least 4 members (excludes halogenated alkanes) is 40. The van der Waals surface area contributed by atoms with Crippen molar-refractivity contribution in [1.82, 2.24) is 0 Å². The summed E-state index contributed by atoms with van der Waals surface area (Å²) < 4.78 is 27.5. The lowest BCUT2D eigenvalue weighted by atomic mass is 9.58. The predicted octanol–water partition coefficient (Wildman–Crippen LogP) is 18.3. The van der Waals surface area contributed by atoms with Gasteiger partial charge in [0.1, 0.15) is 25.1 Å². The zero-order valence-corrected chi connectivity index (χ0v) is 48.4. The molecule has 0 aliphatic heterocycles. The quantitative estimate of drug-likeness (QED) is 0.0438. The van der Waals surface area contributed by atoms with Crippen LogP contribution in [0.25, 0.3) is 0 Å². The normalized spacial score (nSPS) is 22.6. The maximum Gasteiger partial charge on any atom is 0.119 e. The maximum atomic E-state index is 10.6. The molecule has 432 valence electrons. The maximum absolute atomic E-state index is 10.6. The monoisotopic (exact) mass is 1040 g/mol. The van der Waals surface area contributed by atoms with E-state index in [0.29, 0.717) is 0 Å². The Morgan fingerprint density at radius 2 is 0.351 bits per heavy atom. The zero-order chi connectivity index (χ0) is 52.5. The Morgan fingerprint density at radius 1 is 0.203 bits per heavy atom. The van der Waals surface area contributed by atoms with Crippen molar-refractivity contribution in [3.63, 3.8) is 0 Å². The number of carbonyl (C=O) groups is 4. The van der Waals surface area contributed by atoms with Gasteiger partial charge >= 0.3 is 0 Å². The second-order valence-electron chi connectivity index (χ2n) is 24.1. The van der Waals surface area contributed by atoms with Gasteiger partial charge in [0.05, 0.1) is 24.4 Å². The lowest BCUT2D eigenvalue weighted by Gasteiger charge is -2.51. The summed E-state index contributed by atoms with van der Waals surface area (Å²) in [7, 11) is 0. The summed E-state index contributed by atoms with van der Waals surface area (Å²) in [6.07, 6.45) is 65.5. The first-order valence-corrected chi connectivity index (χ1v) is 32.9. The Balaban J connectivity index is 1.48. The van der Waals surface area contributed by atoms with Crippen molar-refractivity contribution < 1.29 is 38.1 Å². The smallest absolute Gasteiger partial charge is 0.119 e.